The van der Waals surface area contributed by atoms with Gasteiger partial charge in [-0.15, -0.1) is 0 Å². The molecule has 1 aromatic carbocycles. The minimum absolute atomic E-state index is 0.00364. The SMILES string of the molecule is CC1=C(C/C=C(\C)CCCC(C)C)C(=O)c2ccccc2C1=O. The highest BCUT2D eigenvalue weighted by molar-refractivity contribution is 6.26. The van der Waals surface area contributed by atoms with Crippen LogP contribution in [0.1, 0.15) is 74.1 Å². The lowest BCUT2D eigenvalue weighted by Crippen LogP contribution is -2.20. The van der Waals surface area contributed by atoms with E-state index in [1.165, 1.54) is 18.4 Å². The molecule has 23 heavy (non-hydrogen) atoms. The van der Waals surface area contributed by atoms with Gasteiger partial charge in [-0.25, -0.2) is 0 Å². The number of fused-ring (bicyclic) bond motifs is 1. The maximum atomic E-state index is 12.6. The second-order valence-electron chi connectivity index (χ2n) is 6.85. The fourth-order valence-corrected chi connectivity index (χ4v) is 2.96. The van der Waals surface area contributed by atoms with Crippen LogP contribution in [0.2, 0.25) is 0 Å². The van der Waals surface area contributed by atoms with Gasteiger partial charge in [-0.05, 0) is 39.0 Å². The van der Waals surface area contributed by atoms with E-state index in [1.54, 1.807) is 25.1 Å². The lowest BCUT2D eigenvalue weighted by Gasteiger charge is -2.18. The lowest BCUT2D eigenvalue weighted by molar-refractivity contribution is 0.0973. The van der Waals surface area contributed by atoms with Gasteiger partial charge in [0.2, 0.25) is 0 Å². The summed E-state index contributed by atoms with van der Waals surface area (Å²) in [5.41, 5.74) is 3.63. The Labute approximate surface area is 139 Å². The number of carbonyl (C=O) groups is 2. The Morgan fingerprint density at radius 2 is 1.70 bits per heavy atom. The van der Waals surface area contributed by atoms with Gasteiger partial charge in [0.05, 0.1) is 0 Å². The Morgan fingerprint density at radius 3 is 2.30 bits per heavy atom. The summed E-state index contributed by atoms with van der Waals surface area (Å²) in [5, 5.41) is 0. The highest BCUT2D eigenvalue weighted by Crippen LogP contribution is 2.28. The molecule has 122 valence electrons. The summed E-state index contributed by atoms with van der Waals surface area (Å²) < 4.78 is 0. The Kier molecular flexibility index (Phi) is 5.70. The van der Waals surface area contributed by atoms with E-state index in [0.717, 1.165) is 12.3 Å². The molecule has 0 saturated heterocycles. The van der Waals surface area contributed by atoms with Crippen LogP contribution >= 0.6 is 0 Å². The van der Waals surface area contributed by atoms with Gasteiger partial charge in [0.15, 0.2) is 11.6 Å². The van der Waals surface area contributed by atoms with Gasteiger partial charge in [0, 0.05) is 22.3 Å². The smallest absolute Gasteiger partial charge is 0.190 e. The third kappa shape index (κ3) is 4.07. The maximum Gasteiger partial charge on any atom is 0.190 e. The molecule has 0 bridgehead atoms. The van der Waals surface area contributed by atoms with Gasteiger partial charge < -0.3 is 0 Å². The first-order valence-electron chi connectivity index (χ1n) is 8.45. The number of hydrogen-bond donors (Lipinski definition) is 0. The number of allylic oxidation sites excluding steroid dienone is 4. The van der Waals surface area contributed by atoms with Crippen molar-refractivity contribution in [1.29, 1.82) is 0 Å². The van der Waals surface area contributed by atoms with Crippen LogP contribution in [0.25, 0.3) is 0 Å². The molecule has 0 heterocycles. The number of benzene rings is 1. The zero-order chi connectivity index (χ0) is 17.0. The van der Waals surface area contributed by atoms with Crippen molar-refractivity contribution in [3.63, 3.8) is 0 Å². The molecule has 2 rings (SSSR count). The Bertz CT molecular complexity index is 675. The van der Waals surface area contributed by atoms with E-state index in [0.29, 0.717) is 28.7 Å². The quantitative estimate of drug-likeness (QED) is 0.646. The van der Waals surface area contributed by atoms with Gasteiger partial charge in [0.1, 0.15) is 0 Å². The molecule has 0 N–H and O–H groups in total. The van der Waals surface area contributed by atoms with Crippen LogP contribution in [-0.2, 0) is 0 Å². The van der Waals surface area contributed by atoms with Gasteiger partial charge >= 0.3 is 0 Å². The normalized spacial score (nSPS) is 15.4. The van der Waals surface area contributed by atoms with Crippen LogP contribution in [0.3, 0.4) is 0 Å². The van der Waals surface area contributed by atoms with Crippen LogP contribution in [0.4, 0.5) is 0 Å². The van der Waals surface area contributed by atoms with E-state index in [-0.39, 0.29) is 11.6 Å². The van der Waals surface area contributed by atoms with Crippen molar-refractivity contribution < 1.29 is 9.59 Å². The van der Waals surface area contributed by atoms with Crippen molar-refractivity contribution in [2.45, 2.75) is 53.4 Å². The topological polar surface area (TPSA) is 34.1 Å². The molecule has 1 aliphatic rings. The first kappa shape index (κ1) is 17.4. The fourth-order valence-electron chi connectivity index (χ4n) is 2.96. The van der Waals surface area contributed by atoms with Crippen molar-refractivity contribution in [2.75, 3.05) is 0 Å². The first-order chi connectivity index (χ1) is 10.9. The van der Waals surface area contributed by atoms with Crippen LogP contribution in [0.5, 0.6) is 0 Å². The molecule has 0 unspecified atom stereocenters. The van der Waals surface area contributed by atoms with E-state index in [4.69, 9.17) is 0 Å². The highest BCUT2D eigenvalue weighted by atomic mass is 16.1. The van der Waals surface area contributed by atoms with Crippen molar-refractivity contribution in [2.24, 2.45) is 5.92 Å². The lowest BCUT2D eigenvalue weighted by atomic mass is 9.83. The summed E-state index contributed by atoms with van der Waals surface area (Å²) in [5.74, 6) is 0.715. The largest absolute Gasteiger partial charge is 0.289 e. The maximum absolute atomic E-state index is 12.6. The van der Waals surface area contributed by atoms with Crippen molar-refractivity contribution in [3.05, 3.63) is 58.2 Å². The molecule has 0 amide bonds. The third-order valence-electron chi connectivity index (χ3n) is 4.49. The summed E-state index contributed by atoms with van der Waals surface area (Å²) in [7, 11) is 0. The predicted octanol–water partition coefficient (Wildman–Crippen LogP) is 5.54. The zero-order valence-electron chi connectivity index (χ0n) is 14.6. The van der Waals surface area contributed by atoms with E-state index in [2.05, 4.69) is 26.8 Å². The minimum atomic E-state index is -0.0129. The summed E-state index contributed by atoms with van der Waals surface area (Å²) >= 11 is 0. The Hall–Kier alpha value is -1.96. The molecule has 0 saturated carbocycles. The monoisotopic (exact) mass is 310 g/mol. The Morgan fingerprint density at radius 1 is 1.09 bits per heavy atom. The molecule has 0 radical (unpaired) electrons. The van der Waals surface area contributed by atoms with Gasteiger partial charge in [0.25, 0.3) is 0 Å². The fraction of sp³-hybridized carbons (Fsp3) is 0.429. The van der Waals surface area contributed by atoms with Crippen LogP contribution < -0.4 is 0 Å². The Balaban J connectivity index is 2.12. The van der Waals surface area contributed by atoms with E-state index < -0.39 is 0 Å². The first-order valence-corrected chi connectivity index (χ1v) is 8.45. The predicted molar refractivity (Wildman–Crippen MR) is 94.9 cm³/mol. The summed E-state index contributed by atoms with van der Waals surface area (Å²) in [6.07, 6.45) is 6.12. The zero-order valence-corrected chi connectivity index (χ0v) is 14.6. The highest BCUT2D eigenvalue weighted by Gasteiger charge is 2.28. The van der Waals surface area contributed by atoms with Crippen molar-refractivity contribution in [1.82, 2.24) is 0 Å². The molecule has 0 aromatic heterocycles. The molecule has 2 heteroatoms. The van der Waals surface area contributed by atoms with E-state index in [9.17, 15) is 9.59 Å². The third-order valence-corrected chi connectivity index (χ3v) is 4.49. The van der Waals surface area contributed by atoms with Crippen LogP contribution in [0, 0.1) is 5.92 Å². The number of ketones is 2. The number of hydrogen-bond acceptors (Lipinski definition) is 2. The molecule has 0 fully saturated rings. The molecule has 0 atom stereocenters. The minimum Gasteiger partial charge on any atom is -0.289 e. The molecular formula is C21H26O2. The van der Waals surface area contributed by atoms with Crippen molar-refractivity contribution in [3.8, 4) is 0 Å². The standard InChI is InChI=1S/C21H26O2/c1-14(2)8-7-9-15(3)12-13-17-16(4)20(22)18-10-5-6-11-19(18)21(17)23/h5-6,10-12,14H,7-9,13H2,1-4H3/b15-12+. The average Bonchev–Trinajstić information content (AvgIpc) is 2.52. The molecule has 1 aliphatic carbocycles. The molecule has 1 aromatic rings. The van der Waals surface area contributed by atoms with Gasteiger partial charge in [-0.3, -0.25) is 9.59 Å². The number of Topliss-reactive ketones (excluding diaryl/α,β-unsaturated/α-hetero) is 2. The second-order valence-corrected chi connectivity index (χ2v) is 6.85. The van der Waals surface area contributed by atoms with Crippen molar-refractivity contribution >= 4 is 11.6 Å². The van der Waals surface area contributed by atoms with Gasteiger partial charge in [-0.2, -0.15) is 0 Å². The molecular weight excluding hydrogens is 284 g/mol. The van der Waals surface area contributed by atoms with Crippen LogP contribution in [0.15, 0.2) is 47.1 Å². The summed E-state index contributed by atoms with van der Waals surface area (Å²) in [6, 6.07) is 7.11. The van der Waals surface area contributed by atoms with E-state index in [1.807, 2.05) is 6.07 Å². The second kappa shape index (κ2) is 7.54. The van der Waals surface area contributed by atoms with Crippen LogP contribution in [-0.4, -0.2) is 11.6 Å². The number of rotatable bonds is 6. The average molecular weight is 310 g/mol. The summed E-state index contributed by atoms with van der Waals surface area (Å²) in [6.45, 7) is 8.35. The molecule has 2 nitrogen and oxygen atoms in total. The molecule has 0 spiro atoms. The molecule has 0 aliphatic heterocycles. The van der Waals surface area contributed by atoms with E-state index >= 15 is 0 Å². The number of carbonyl (C=O) groups excluding carboxylic acids is 2. The van der Waals surface area contributed by atoms with Gasteiger partial charge in [-0.1, -0.05) is 56.2 Å². The summed E-state index contributed by atoms with van der Waals surface area (Å²) in [4.78, 5) is 25.1.